The molecule has 1 aromatic rings. The number of hydrogen-bond donors (Lipinski definition) is 0. The Hall–Kier alpha value is -2.87. The predicted octanol–water partition coefficient (Wildman–Crippen LogP) is 2.39. The second-order valence-electron chi connectivity index (χ2n) is 11.1. The number of nitrogens with zero attached hydrogens (tertiary/aromatic N) is 4. The largest absolute Gasteiger partial charge is 0.489 e. The van der Waals surface area contributed by atoms with Gasteiger partial charge in [0.05, 0.1) is 0 Å². The summed E-state index contributed by atoms with van der Waals surface area (Å²) in [6.45, 7) is 5.48. The first kappa shape index (κ1) is 25.8. The molecule has 200 valence electrons. The number of carbonyl (C=O) groups excluding carboxylic acids is 3. The summed E-state index contributed by atoms with van der Waals surface area (Å²) in [7, 11) is 2.09. The molecule has 0 aromatic heterocycles. The third-order valence-electron chi connectivity index (χ3n) is 8.60. The van der Waals surface area contributed by atoms with Crippen LogP contribution in [0.25, 0.3) is 0 Å². The number of piperidine rings is 1. The standard InChI is InChI=1S/C29H40N4O4/c1-30-13-15-31(16-14-30)27(34)18-23-11-12-32-19-24(23)9-5-17-37-26-10-3-2-6-25(26)20-33(21-28(32)35)29(36)22-7-4-8-22/h2-3,5-6,9-10,22-24H,4,7-8,11-21H2,1H3/b9-5-/t23-,24-/m0/s1. The smallest absolute Gasteiger partial charge is 0.242 e. The van der Waals surface area contributed by atoms with Gasteiger partial charge < -0.3 is 24.3 Å². The van der Waals surface area contributed by atoms with Crippen molar-refractivity contribution in [3.63, 3.8) is 0 Å². The van der Waals surface area contributed by atoms with Crippen LogP contribution in [0.15, 0.2) is 36.4 Å². The van der Waals surface area contributed by atoms with E-state index in [-0.39, 0.29) is 42.0 Å². The number of piperazine rings is 1. The summed E-state index contributed by atoms with van der Waals surface area (Å²) in [6.07, 6.45) is 8.35. The number of hydrogen-bond acceptors (Lipinski definition) is 5. The summed E-state index contributed by atoms with van der Waals surface area (Å²) < 4.78 is 6.11. The number of amides is 3. The van der Waals surface area contributed by atoms with E-state index in [2.05, 4.69) is 18.0 Å². The van der Waals surface area contributed by atoms with Crippen LogP contribution in [-0.2, 0) is 20.9 Å². The van der Waals surface area contributed by atoms with Gasteiger partial charge in [-0.2, -0.15) is 0 Å². The van der Waals surface area contributed by atoms with Crippen molar-refractivity contribution in [3.8, 4) is 5.75 Å². The van der Waals surface area contributed by atoms with Crippen molar-refractivity contribution in [1.82, 2.24) is 19.6 Å². The van der Waals surface area contributed by atoms with Gasteiger partial charge in [-0.3, -0.25) is 14.4 Å². The van der Waals surface area contributed by atoms with Gasteiger partial charge in [-0.1, -0.05) is 36.8 Å². The first-order valence-electron chi connectivity index (χ1n) is 13.9. The Morgan fingerprint density at radius 3 is 2.51 bits per heavy atom. The van der Waals surface area contributed by atoms with Crippen molar-refractivity contribution in [3.05, 3.63) is 42.0 Å². The lowest BCUT2D eigenvalue weighted by atomic mass is 9.82. The van der Waals surface area contributed by atoms with E-state index in [1.165, 1.54) is 0 Å². The van der Waals surface area contributed by atoms with Crippen LogP contribution in [0.4, 0.5) is 0 Å². The molecular formula is C29H40N4O4. The molecule has 3 heterocycles. The molecule has 37 heavy (non-hydrogen) atoms. The number of likely N-dealkylation sites (N-methyl/N-ethyl adjacent to an activating group) is 1. The fraction of sp³-hybridized carbons (Fsp3) is 0.621. The van der Waals surface area contributed by atoms with Crippen LogP contribution in [0.1, 0.15) is 37.7 Å². The monoisotopic (exact) mass is 508 g/mol. The third-order valence-corrected chi connectivity index (χ3v) is 8.60. The van der Waals surface area contributed by atoms with Gasteiger partial charge in [-0.05, 0) is 44.2 Å². The molecule has 8 heteroatoms. The van der Waals surface area contributed by atoms with Crippen LogP contribution in [0.5, 0.6) is 5.75 Å². The van der Waals surface area contributed by atoms with Gasteiger partial charge in [0.15, 0.2) is 0 Å². The van der Waals surface area contributed by atoms with Gasteiger partial charge in [0.25, 0.3) is 0 Å². The minimum absolute atomic E-state index is 0.00689. The summed E-state index contributed by atoms with van der Waals surface area (Å²) in [5.41, 5.74) is 0.921. The topological polar surface area (TPSA) is 73.4 Å². The number of benzene rings is 1. The second kappa shape index (κ2) is 11.7. The van der Waals surface area contributed by atoms with E-state index in [4.69, 9.17) is 4.74 Å². The molecule has 3 fully saturated rings. The fourth-order valence-corrected chi connectivity index (χ4v) is 5.88. The number of carbonyl (C=O) groups is 3. The van der Waals surface area contributed by atoms with Gasteiger partial charge in [-0.15, -0.1) is 0 Å². The van der Waals surface area contributed by atoms with E-state index < -0.39 is 0 Å². The molecule has 1 saturated carbocycles. The van der Waals surface area contributed by atoms with Crippen molar-refractivity contribution < 1.29 is 19.1 Å². The minimum atomic E-state index is -0.00689. The first-order valence-corrected chi connectivity index (χ1v) is 13.9. The highest BCUT2D eigenvalue weighted by molar-refractivity contribution is 5.86. The van der Waals surface area contributed by atoms with Crippen molar-refractivity contribution in [1.29, 1.82) is 0 Å². The predicted molar refractivity (Wildman–Crippen MR) is 141 cm³/mol. The number of ether oxygens (including phenoxy) is 1. The van der Waals surface area contributed by atoms with Crippen LogP contribution in [0.2, 0.25) is 0 Å². The maximum absolute atomic E-state index is 13.5. The molecule has 3 aliphatic heterocycles. The maximum atomic E-state index is 13.5. The summed E-state index contributed by atoms with van der Waals surface area (Å²) in [5.74, 6) is 1.34. The van der Waals surface area contributed by atoms with E-state index >= 15 is 0 Å². The zero-order chi connectivity index (χ0) is 25.8. The molecule has 2 saturated heterocycles. The number of rotatable bonds is 3. The second-order valence-corrected chi connectivity index (χ2v) is 11.1. The average Bonchev–Trinajstić information content (AvgIpc) is 2.87. The molecule has 0 unspecified atom stereocenters. The van der Waals surface area contributed by atoms with E-state index in [1.807, 2.05) is 40.1 Å². The van der Waals surface area contributed by atoms with Crippen LogP contribution >= 0.6 is 0 Å². The quantitative estimate of drug-likeness (QED) is 0.587. The van der Waals surface area contributed by atoms with E-state index in [0.29, 0.717) is 32.7 Å². The van der Waals surface area contributed by atoms with Crippen LogP contribution in [-0.4, -0.2) is 96.8 Å². The molecule has 3 amide bonds. The molecular weight excluding hydrogens is 468 g/mol. The molecule has 8 nitrogen and oxygen atoms in total. The average molecular weight is 509 g/mol. The SMILES string of the molecule is CN1CCN(C(=O)C[C@@H]2CCN3C[C@@H]2/C=C\COc2ccccc2CN(C(=O)C2CCC2)CC3=O)CC1. The van der Waals surface area contributed by atoms with Crippen molar-refractivity contribution in [2.75, 3.05) is 59.5 Å². The Bertz CT molecular complexity index is 1010. The molecule has 1 aliphatic carbocycles. The van der Waals surface area contributed by atoms with Crippen molar-refractivity contribution in [2.45, 2.75) is 38.6 Å². The Balaban J connectivity index is 1.33. The van der Waals surface area contributed by atoms with E-state index in [9.17, 15) is 14.4 Å². The Morgan fingerprint density at radius 2 is 1.76 bits per heavy atom. The summed E-state index contributed by atoms with van der Waals surface area (Å²) >= 11 is 0. The van der Waals surface area contributed by atoms with Gasteiger partial charge in [0.1, 0.15) is 18.9 Å². The van der Waals surface area contributed by atoms with Gasteiger partial charge in [-0.25, -0.2) is 0 Å². The zero-order valence-electron chi connectivity index (χ0n) is 22.0. The first-order chi connectivity index (χ1) is 18.0. The van der Waals surface area contributed by atoms with Crippen LogP contribution < -0.4 is 4.74 Å². The molecule has 2 bridgehead atoms. The highest BCUT2D eigenvalue weighted by atomic mass is 16.5. The van der Waals surface area contributed by atoms with Gasteiger partial charge in [0, 0.05) is 63.7 Å². The molecule has 1 aromatic carbocycles. The molecule has 2 atom stereocenters. The zero-order valence-corrected chi connectivity index (χ0v) is 22.0. The number of fused-ring (bicyclic) bond motifs is 3. The summed E-state index contributed by atoms with van der Waals surface area (Å²) in [6, 6.07) is 7.78. The minimum Gasteiger partial charge on any atom is -0.489 e. The molecule has 0 spiro atoms. The lowest BCUT2D eigenvalue weighted by Gasteiger charge is -2.40. The molecule has 0 N–H and O–H groups in total. The molecule has 5 rings (SSSR count). The van der Waals surface area contributed by atoms with Gasteiger partial charge >= 0.3 is 0 Å². The molecule has 0 radical (unpaired) electrons. The summed E-state index contributed by atoms with van der Waals surface area (Å²) in [4.78, 5) is 47.8. The Morgan fingerprint density at radius 1 is 0.973 bits per heavy atom. The third kappa shape index (κ3) is 6.17. The lowest BCUT2D eigenvalue weighted by Crippen LogP contribution is -2.51. The lowest BCUT2D eigenvalue weighted by molar-refractivity contribution is -0.146. The van der Waals surface area contributed by atoms with E-state index in [1.54, 1.807) is 4.90 Å². The highest BCUT2D eigenvalue weighted by Gasteiger charge is 2.35. The normalized spacial score (nSPS) is 26.6. The van der Waals surface area contributed by atoms with E-state index in [0.717, 1.165) is 63.2 Å². The van der Waals surface area contributed by atoms with Crippen LogP contribution in [0.3, 0.4) is 0 Å². The Labute approximate surface area is 220 Å². The maximum Gasteiger partial charge on any atom is 0.242 e. The number of para-hydroxylation sites is 1. The highest BCUT2D eigenvalue weighted by Crippen LogP contribution is 2.32. The van der Waals surface area contributed by atoms with Crippen molar-refractivity contribution in [2.24, 2.45) is 17.8 Å². The summed E-state index contributed by atoms with van der Waals surface area (Å²) in [5, 5.41) is 0. The molecule has 4 aliphatic rings. The van der Waals surface area contributed by atoms with Crippen molar-refractivity contribution >= 4 is 17.7 Å². The Kier molecular flexibility index (Phi) is 8.13. The van der Waals surface area contributed by atoms with Gasteiger partial charge in [0.2, 0.25) is 17.7 Å². The fourth-order valence-electron chi connectivity index (χ4n) is 5.88. The van der Waals surface area contributed by atoms with Crippen LogP contribution in [0, 0.1) is 17.8 Å².